The van der Waals surface area contributed by atoms with E-state index < -0.39 is 34.3 Å². The van der Waals surface area contributed by atoms with Crippen molar-refractivity contribution in [2.45, 2.75) is 71.4 Å². The number of esters is 1. The topological polar surface area (TPSA) is 156 Å². The predicted molar refractivity (Wildman–Crippen MR) is 183 cm³/mol. The zero-order chi connectivity index (χ0) is 37.0. The Kier molecular flexibility index (Phi) is 18.9. The summed E-state index contributed by atoms with van der Waals surface area (Å²) in [6.45, 7) is 11.6. The van der Waals surface area contributed by atoms with Crippen LogP contribution < -0.4 is 15.8 Å². The molecule has 272 valence electrons. The molecule has 0 bridgehead atoms. The van der Waals surface area contributed by atoms with E-state index in [4.69, 9.17) is 5.73 Å². The van der Waals surface area contributed by atoms with Gasteiger partial charge in [0.1, 0.15) is 11.9 Å². The number of aryl methyl sites for hydroxylation is 1. The number of nitrogens with zero attached hydrogens (tertiary/aromatic N) is 4. The van der Waals surface area contributed by atoms with Gasteiger partial charge in [0.25, 0.3) is 0 Å². The highest BCUT2D eigenvalue weighted by molar-refractivity contribution is 7.89. The SMILES string of the molecule is CC.CC.CCCc1ccc(CNC=O)cc1.COC(=O)C1=NC=CC(N2CCN(S(=O)(=O)c3ccc(OC(F)(F)F)cc3)CC2)N=C1N. The average molecular weight is 713 g/mol. The Labute approximate surface area is 286 Å². The fourth-order valence-electron chi connectivity index (χ4n) is 4.41. The Hall–Kier alpha value is -4.28. The summed E-state index contributed by atoms with van der Waals surface area (Å²) in [5.41, 5.74) is 8.22. The molecule has 49 heavy (non-hydrogen) atoms. The fraction of sp³-hybridized carbons (Fsp3) is 0.455. The van der Waals surface area contributed by atoms with E-state index in [-0.39, 0.29) is 29.5 Å². The molecule has 0 aliphatic carbocycles. The number of piperazine rings is 1. The number of nitrogens with two attached hydrogens (primary N) is 1. The summed E-state index contributed by atoms with van der Waals surface area (Å²) in [5.74, 6) is -1.33. The Balaban J connectivity index is 0.000000589. The Morgan fingerprint density at radius 2 is 1.57 bits per heavy atom. The first-order valence-corrected chi connectivity index (χ1v) is 17.3. The molecule has 2 heterocycles. The highest BCUT2D eigenvalue weighted by Crippen LogP contribution is 2.26. The van der Waals surface area contributed by atoms with Crippen LogP contribution in [-0.2, 0) is 37.3 Å². The molecule has 1 saturated heterocycles. The third-order valence-corrected chi connectivity index (χ3v) is 8.56. The zero-order valence-corrected chi connectivity index (χ0v) is 29.6. The summed E-state index contributed by atoms with van der Waals surface area (Å²) in [6.07, 6.45) is 0.607. The van der Waals surface area contributed by atoms with Crippen LogP contribution in [0.4, 0.5) is 13.2 Å². The van der Waals surface area contributed by atoms with Crippen LogP contribution in [0.15, 0.2) is 75.7 Å². The summed E-state index contributed by atoms with van der Waals surface area (Å²) in [4.78, 5) is 31.6. The van der Waals surface area contributed by atoms with Gasteiger partial charge in [0.2, 0.25) is 16.4 Å². The van der Waals surface area contributed by atoms with Crippen molar-refractivity contribution >= 4 is 33.9 Å². The van der Waals surface area contributed by atoms with E-state index in [2.05, 4.69) is 56.0 Å². The number of sulfonamides is 1. The molecular weight excluding hydrogens is 665 g/mol. The standard InChI is InChI=1S/C18H20F3N5O5S.C11H15NO.2C2H6/c1-30-17(27)15-16(22)24-14(6-7-23-15)25-8-10-26(11-9-25)32(28,29)13-4-2-12(3-5-13)31-18(19,20)21;1-2-3-10-4-6-11(7-5-10)8-12-9-13;2*1-2/h2-7,14H,8-11H2,1H3,(H2,22,24);4-7,9H,2-3,8H2,1H3,(H,12,13);2*1-2H3. The van der Waals surface area contributed by atoms with Gasteiger partial charge in [-0.15, -0.1) is 13.2 Å². The molecule has 0 saturated carbocycles. The maximum absolute atomic E-state index is 12.8. The number of methoxy groups -OCH3 is 1. The number of halogens is 3. The number of aliphatic imine (C=N–C) groups is 2. The Morgan fingerprint density at radius 3 is 2.08 bits per heavy atom. The summed E-state index contributed by atoms with van der Waals surface area (Å²) < 4.78 is 72.1. The van der Waals surface area contributed by atoms with Gasteiger partial charge in [0.05, 0.1) is 12.0 Å². The summed E-state index contributed by atoms with van der Waals surface area (Å²) in [6, 6.07) is 12.4. The highest BCUT2D eigenvalue weighted by Gasteiger charge is 2.33. The molecule has 1 amide bonds. The van der Waals surface area contributed by atoms with Crippen molar-refractivity contribution in [3.05, 3.63) is 71.9 Å². The van der Waals surface area contributed by atoms with Crippen molar-refractivity contribution in [3.63, 3.8) is 0 Å². The van der Waals surface area contributed by atoms with Gasteiger partial charge in [0, 0.05) is 38.9 Å². The quantitative estimate of drug-likeness (QED) is 0.266. The van der Waals surface area contributed by atoms with Crippen LogP contribution >= 0.6 is 0 Å². The van der Waals surface area contributed by atoms with Gasteiger partial charge in [-0.1, -0.05) is 65.3 Å². The number of carbonyl (C=O) groups excluding carboxylic acids is 2. The van der Waals surface area contributed by atoms with E-state index >= 15 is 0 Å². The van der Waals surface area contributed by atoms with E-state index in [1.54, 1.807) is 6.08 Å². The lowest BCUT2D eigenvalue weighted by atomic mass is 10.1. The fourth-order valence-corrected chi connectivity index (χ4v) is 5.83. The van der Waals surface area contributed by atoms with E-state index in [0.717, 1.165) is 42.7 Å². The second-order valence-electron chi connectivity index (χ2n) is 9.76. The zero-order valence-electron chi connectivity index (χ0n) is 28.7. The smallest absolute Gasteiger partial charge is 0.464 e. The number of alkyl halides is 3. The largest absolute Gasteiger partial charge is 0.573 e. The molecule has 3 N–H and O–H groups in total. The van der Waals surface area contributed by atoms with Crippen molar-refractivity contribution in [1.29, 1.82) is 0 Å². The molecule has 0 radical (unpaired) electrons. The lowest BCUT2D eigenvalue weighted by Crippen LogP contribution is -2.51. The molecule has 2 aliphatic heterocycles. The van der Waals surface area contributed by atoms with Gasteiger partial charge in [-0.3, -0.25) is 9.69 Å². The second kappa shape index (κ2) is 21.6. The molecular formula is C33H47F3N6O6S. The van der Waals surface area contributed by atoms with Gasteiger partial charge in [-0.05, 0) is 47.9 Å². The first-order valence-electron chi connectivity index (χ1n) is 15.9. The minimum atomic E-state index is -4.86. The molecule has 2 aliphatic rings. The number of ether oxygens (including phenoxy) is 2. The van der Waals surface area contributed by atoms with Crippen molar-refractivity contribution in [1.82, 2.24) is 14.5 Å². The molecule has 1 fully saturated rings. The lowest BCUT2D eigenvalue weighted by Gasteiger charge is -2.36. The van der Waals surface area contributed by atoms with E-state index in [1.165, 1.54) is 29.6 Å². The molecule has 16 heteroatoms. The van der Waals surface area contributed by atoms with Crippen LogP contribution in [0.5, 0.6) is 5.75 Å². The van der Waals surface area contributed by atoms with Gasteiger partial charge < -0.3 is 20.5 Å². The van der Waals surface area contributed by atoms with E-state index in [0.29, 0.717) is 19.6 Å². The predicted octanol–water partition coefficient (Wildman–Crippen LogP) is 4.65. The van der Waals surface area contributed by atoms with Crippen LogP contribution in [0.2, 0.25) is 0 Å². The van der Waals surface area contributed by atoms with Crippen LogP contribution in [0.25, 0.3) is 0 Å². The van der Waals surface area contributed by atoms with Crippen molar-refractivity contribution in [3.8, 4) is 5.75 Å². The van der Waals surface area contributed by atoms with Crippen molar-refractivity contribution < 1.29 is 40.7 Å². The normalized spacial score (nSPS) is 16.4. The summed E-state index contributed by atoms with van der Waals surface area (Å²) in [7, 11) is -2.72. The van der Waals surface area contributed by atoms with Crippen molar-refractivity contribution in [2.75, 3.05) is 33.3 Å². The number of nitrogens with one attached hydrogen (secondary N) is 1. The molecule has 1 unspecified atom stereocenters. The number of hydrogen-bond donors (Lipinski definition) is 2. The van der Waals surface area contributed by atoms with Gasteiger partial charge in [-0.2, -0.15) is 4.31 Å². The van der Waals surface area contributed by atoms with Crippen LogP contribution in [0.3, 0.4) is 0 Å². The first kappa shape index (κ1) is 42.7. The highest BCUT2D eigenvalue weighted by atomic mass is 32.2. The molecule has 1 atom stereocenters. The number of rotatable bonds is 10. The van der Waals surface area contributed by atoms with Gasteiger partial charge >= 0.3 is 12.3 Å². The van der Waals surface area contributed by atoms with Gasteiger partial charge in [0.15, 0.2) is 11.5 Å². The van der Waals surface area contributed by atoms with Gasteiger partial charge in [-0.25, -0.2) is 23.2 Å². The third kappa shape index (κ3) is 14.0. The molecule has 2 aromatic carbocycles. The third-order valence-electron chi connectivity index (χ3n) is 6.65. The maximum atomic E-state index is 12.8. The summed E-state index contributed by atoms with van der Waals surface area (Å²) in [5, 5.41) is 2.64. The first-order chi connectivity index (χ1) is 23.4. The Morgan fingerprint density at radius 1 is 1.00 bits per heavy atom. The molecule has 0 spiro atoms. The summed E-state index contributed by atoms with van der Waals surface area (Å²) >= 11 is 0. The molecule has 12 nitrogen and oxygen atoms in total. The van der Waals surface area contributed by atoms with Crippen molar-refractivity contribution in [2.24, 2.45) is 15.7 Å². The Bertz CT molecular complexity index is 1490. The molecule has 2 aromatic rings. The van der Waals surface area contributed by atoms with Crippen LogP contribution in [0, 0.1) is 0 Å². The van der Waals surface area contributed by atoms with E-state index in [9.17, 15) is 31.2 Å². The second-order valence-corrected chi connectivity index (χ2v) is 11.7. The maximum Gasteiger partial charge on any atom is 0.573 e. The lowest BCUT2D eigenvalue weighted by molar-refractivity contribution is -0.274. The van der Waals surface area contributed by atoms with E-state index in [1.807, 2.05) is 32.6 Å². The number of carbonyl (C=O) groups is 2. The molecule has 4 rings (SSSR count). The number of amidine groups is 1. The monoisotopic (exact) mass is 712 g/mol. The van der Waals surface area contributed by atoms with Crippen LogP contribution in [-0.4, -0.2) is 87.4 Å². The number of benzene rings is 2. The number of hydrogen-bond acceptors (Lipinski definition) is 10. The minimum Gasteiger partial charge on any atom is -0.464 e. The number of amides is 1. The minimum absolute atomic E-state index is 0.0944. The molecule has 0 aromatic heterocycles. The van der Waals surface area contributed by atoms with Crippen LogP contribution in [0.1, 0.15) is 52.2 Å². The average Bonchev–Trinajstić information content (AvgIpc) is 3.30.